The third-order valence-electron chi connectivity index (χ3n) is 3.71. The summed E-state index contributed by atoms with van der Waals surface area (Å²) in [5.41, 5.74) is -0.0319. The van der Waals surface area contributed by atoms with E-state index in [1.807, 2.05) is 0 Å². The molecule has 7 nitrogen and oxygen atoms in total. The van der Waals surface area contributed by atoms with Crippen molar-refractivity contribution in [3.05, 3.63) is 47.7 Å². The lowest BCUT2D eigenvalue weighted by atomic mass is 10.2. The third-order valence-corrected chi connectivity index (χ3v) is 3.71. The van der Waals surface area contributed by atoms with E-state index in [9.17, 15) is 14.0 Å². The summed E-state index contributed by atoms with van der Waals surface area (Å²) in [6.07, 6.45) is 2.77. The first kappa shape index (κ1) is 17.0. The first-order valence-corrected chi connectivity index (χ1v) is 7.70. The number of rotatable bonds is 6. The highest BCUT2D eigenvalue weighted by Crippen LogP contribution is 2.27. The molecule has 2 N–H and O–H groups in total. The molecule has 0 spiro atoms. The van der Waals surface area contributed by atoms with Gasteiger partial charge in [-0.25, -0.2) is 9.18 Å². The quantitative estimate of drug-likeness (QED) is 0.832. The molecule has 1 aromatic carbocycles. The Hall–Kier alpha value is -2.87. The van der Waals surface area contributed by atoms with Crippen molar-refractivity contribution in [2.45, 2.75) is 18.9 Å². The number of anilines is 1. The van der Waals surface area contributed by atoms with Gasteiger partial charge in [0.1, 0.15) is 24.4 Å². The molecule has 1 aromatic heterocycles. The number of ether oxygens (including phenoxy) is 2. The van der Waals surface area contributed by atoms with Crippen LogP contribution in [0, 0.1) is 5.82 Å². The van der Waals surface area contributed by atoms with Gasteiger partial charge in [-0.3, -0.25) is 4.79 Å². The predicted molar refractivity (Wildman–Crippen MR) is 84.5 cm³/mol. The van der Waals surface area contributed by atoms with E-state index in [2.05, 4.69) is 5.32 Å². The zero-order valence-corrected chi connectivity index (χ0v) is 13.2. The van der Waals surface area contributed by atoms with Crippen molar-refractivity contribution in [3.63, 3.8) is 0 Å². The van der Waals surface area contributed by atoms with Gasteiger partial charge in [-0.2, -0.15) is 0 Å². The average Bonchev–Trinajstić information content (AvgIpc) is 3.26. The Kier molecular flexibility index (Phi) is 4.99. The number of halogens is 1. The lowest BCUT2D eigenvalue weighted by Gasteiger charge is -2.15. The standard InChI is InChI=1S/C17H16FNO6/c18-11-3-4-14(25-9-12-2-1-5-23-12)13(7-11)19-16(20)15-6-10(8-24-15)17(21)22/h3-4,6-8,12H,1-2,5,9H2,(H,19,20)(H,21,22). The zero-order valence-electron chi connectivity index (χ0n) is 13.2. The van der Waals surface area contributed by atoms with Gasteiger partial charge in [0.25, 0.3) is 5.91 Å². The number of hydrogen-bond donors (Lipinski definition) is 2. The number of carbonyl (C=O) groups is 2. The van der Waals surface area contributed by atoms with Gasteiger partial charge in [0, 0.05) is 18.7 Å². The molecule has 1 aliphatic heterocycles. The predicted octanol–water partition coefficient (Wildman–Crippen LogP) is 2.93. The maximum absolute atomic E-state index is 13.5. The Morgan fingerprint density at radius 2 is 2.20 bits per heavy atom. The molecule has 0 saturated carbocycles. The average molecular weight is 349 g/mol. The van der Waals surface area contributed by atoms with Gasteiger partial charge < -0.3 is 24.3 Å². The topological polar surface area (TPSA) is 98.0 Å². The van der Waals surface area contributed by atoms with E-state index >= 15 is 0 Å². The summed E-state index contributed by atoms with van der Waals surface area (Å²) in [7, 11) is 0. The summed E-state index contributed by atoms with van der Waals surface area (Å²) < 4.78 is 29.5. The highest BCUT2D eigenvalue weighted by molar-refractivity contribution is 6.04. The number of hydrogen-bond acceptors (Lipinski definition) is 5. The van der Waals surface area contributed by atoms with Gasteiger partial charge in [-0.05, 0) is 25.0 Å². The van der Waals surface area contributed by atoms with Gasteiger partial charge in [0.2, 0.25) is 0 Å². The van der Waals surface area contributed by atoms with Crippen molar-refractivity contribution in [1.82, 2.24) is 0 Å². The van der Waals surface area contributed by atoms with E-state index in [1.54, 1.807) is 0 Å². The van der Waals surface area contributed by atoms with Gasteiger partial charge in [0.15, 0.2) is 5.76 Å². The van der Waals surface area contributed by atoms with Crippen molar-refractivity contribution in [1.29, 1.82) is 0 Å². The van der Waals surface area contributed by atoms with Crippen LogP contribution in [0.4, 0.5) is 10.1 Å². The monoisotopic (exact) mass is 349 g/mol. The van der Waals surface area contributed by atoms with E-state index < -0.39 is 17.7 Å². The fourth-order valence-electron chi connectivity index (χ4n) is 2.44. The highest BCUT2D eigenvalue weighted by atomic mass is 19.1. The van der Waals surface area contributed by atoms with Crippen molar-refractivity contribution in [3.8, 4) is 5.75 Å². The fourth-order valence-corrected chi connectivity index (χ4v) is 2.44. The lowest BCUT2D eigenvalue weighted by molar-refractivity contribution is 0.0681. The summed E-state index contributed by atoms with van der Waals surface area (Å²) in [4.78, 5) is 23.0. The Bertz CT molecular complexity index is 781. The lowest BCUT2D eigenvalue weighted by Crippen LogP contribution is -2.18. The number of carbonyl (C=O) groups excluding carboxylic acids is 1. The van der Waals surface area contributed by atoms with Crippen LogP contribution in [0.25, 0.3) is 0 Å². The molecule has 0 radical (unpaired) electrons. The highest BCUT2D eigenvalue weighted by Gasteiger charge is 2.19. The van der Waals surface area contributed by atoms with E-state index in [0.29, 0.717) is 13.2 Å². The van der Waals surface area contributed by atoms with Crippen LogP contribution in [-0.4, -0.2) is 36.3 Å². The molecule has 3 rings (SSSR count). The largest absolute Gasteiger partial charge is 0.489 e. The van der Waals surface area contributed by atoms with Crippen molar-refractivity contribution >= 4 is 17.6 Å². The molecule has 0 aliphatic carbocycles. The first-order valence-electron chi connectivity index (χ1n) is 7.70. The minimum absolute atomic E-state index is 0.0307. The molecule has 8 heteroatoms. The molecular formula is C17H16FNO6. The van der Waals surface area contributed by atoms with Gasteiger partial charge >= 0.3 is 5.97 Å². The summed E-state index contributed by atoms with van der Waals surface area (Å²) >= 11 is 0. The number of benzene rings is 1. The number of amides is 1. The second-order valence-corrected chi connectivity index (χ2v) is 5.55. The van der Waals surface area contributed by atoms with E-state index in [4.69, 9.17) is 19.0 Å². The Morgan fingerprint density at radius 3 is 2.88 bits per heavy atom. The van der Waals surface area contributed by atoms with Gasteiger partial charge in [-0.15, -0.1) is 0 Å². The molecule has 1 unspecified atom stereocenters. The van der Waals surface area contributed by atoms with Crippen LogP contribution in [-0.2, 0) is 4.74 Å². The minimum Gasteiger partial charge on any atom is -0.489 e. The molecule has 1 fully saturated rings. The summed E-state index contributed by atoms with van der Waals surface area (Å²) in [6.45, 7) is 0.976. The first-order chi connectivity index (χ1) is 12.0. The molecule has 1 amide bonds. The SMILES string of the molecule is O=C(O)c1coc(C(=O)Nc2cc(F)ccc2OCC2CCCO2)c1. The van der Waals surface area contributed by atoms with Crippen molar-refractivity contribution in [2.75, 3.05) is 18.5 Å². The van der Waals surface area contributed by atoms with Crippen LogP contribution in [0.5, 0.6) is 5.75 Å². The molecule has 0 bridgehead atoms. The third kappa shape index (κ3) is 4.16. The van der Waals surface area contributed by atoms with E-state index in [0.717, 1.165) is 31.2 Å². The van der Waals surface area contributed by atoms with Gasteiger partial charge in [0.05, 0.1) is 17.4 Å². The number of furan rings is 1. The molecule has 2 heterocycles. The second kappa shape index (κ2) is 7.35. The normalized spacial score (nSPS) is 16.6. The summed E-state index contributed by atoms with van der Waals surface area (Å²) in [5, 5.41) is 11.3. The molecule has 2 aromatic rings. The van der Waals surface area contributed by atoms with E-state index in [1.165, 1.54) is 12.1 Å². The van der Waals surface area contributed by atoms with Crippen LogP contribution in [0.2, 0.25) is 0 Å². The summed E-state index contributed by atoms with van der Waals surface area (Å²) in [5.74, 6) is -2.39. The zero-order chi connectivity index (χ0) is 17.8. The minimum atomic E-state index is -1.21. The molecule has 1 saturated heterocycles. The summed E-state index contributed by atoms with van der Waals surface area (Å²) in [6, 6.07) is 4.83. The Morgan fingerprint density at radius 1 is 1.36 bits per heavy atom. The van der Waals surface area contributed by atoms with Crippen LogP contribution >= 0.6 is 0 Å². The maximum Gasteiger partial charge on any atom is 0.338 e. The smallest absolute Gasteiger partial charge is 0.338 e. The van der Waals surface area contributed by atoms with Crippen molar-refractivity contribution in [2.24, 2.45) is 0 Å². The molecule has 25 heavy (non-hydrogen) atoms. The number of aromatic carboxylic acids is 1. The molecular weight excluding hydrogens is 333 g/mol. The van der Waals surface area contributed by atoms with E-state index in [-0.39, 0.29) is 28.9 Å². The second-order valence-electron chi connectivity index (χ2n) is 5.55. The Balaban J connectivity index is 1.72. The number of nitrogens with one attached hydrogen (secondary N) is 1. The fraction of sp³-hybridized carbons (Fsp3) is 0.294. The molecule has 1 atom stereocenters. The Labute approximate surface area is 142 Å². The maximum atomic E-state index is 13.5. The van der Waals surface area contributed by atoms with Crippen LogP contribution in [0.15, 0.2) is 34.9 Å². The van der Waals surface area contributed by atoms with Crippen LogP contribution in [0.3, 0.4) is 0 Å². The van der Waals surface area contributed by atoms with Crippen molar-refractivity contribution < 1.29 is 33.0 Å². The van der Waals surface area contributed by atoms with Gasteiger partial charge in [-0.1, -0.05) is 0 Å². The van der Waals surface area contributed by atoms with Crippen LogP contribution in [0.1, 0.15) is 33.8 Å². The van der Waals surface area contributed by atoms with Crippen LogP contribution < -0.4 is 10.1 Å². The molecule has 1 aliphatic rings. The number of carboxylic acid groups (broad SMARTS) is 1. The molecule has 132 valence electrons. The number of carboxylic acids is 1.